The quantitative estimate of drug-likeness (QED) is 0.415. The zero-order chi connectivity index (χ0) is 24.1. The fourth-order valence-corrected chi connectivity index (χ4v) is 4.14. The van der Waals surface area contributed by atoms with Crippen LogP contribution in [0.15, 0.2) is 58.8 Å². The third-order valence-electron chi connectivity index (χ3n) is 5.59. The Hall–Kier alpha value is -3.36. The number of halogens is 1. The Bertz CT molecular complexity index is 1180. The van der Waals surface area contributed by atoms with E-state index in [1.807, 2.05) is 50.2 Å². The number of urea groups is 1. The summed E-state index contributed by atoms with van der Waals surface area (Å²) >= 11 is 6.14. The number of hydrogen-bond donors (Lipinski definition) is 1. The molecule has 1 aliphatic rings. The van der Waals surface area contributed by atoms with E-state index in [1.54, 1.807) is 24.1 Å². The molecule has 0 aliphatic carbocycles. The van der Waals surface area contributed by atoms with Gasteiger partial charge in [-0.15, -0.1) is 0 Å². The van der Waals surface area contributed by atoms with Crippen LogP contribution >= 0.6 is 11.6 Å². The molecule has 3 aromatic rings. The second-order valence-corrected chi connectivity index (χ2v) is 8.25. The van der Waals surface area contributed by atoms with Gasteiger partial charge in [0.05, 0.1) is 18.2 Å². The molecule has 0 radical (unpaired) electrons. The number of nitrogens with one attached hydrogen (secondary N) is 1. The molecule has 1 N–H and O–H groups in total. The molecule has 0 saturated heterocycles. The highest BCUT2D eigenvalue weighted by molar-refractivity contribution is 6.30. The Balaban J connectivity index is 1.75. The SMILES string of the molecule is CCOc1ccc(C2NC(=O)N(CCCOC)C(C)=C2c2nc(-c3cccc(Cl)c3)no2)cc1. The smallest absolute Gasteiger partial charge is 0.322 e. The van der Waals surface area contributed by atoms with Gasteiger partial charge in [-0.2, -0.15) is 4.98 Å². The van der Waals surface area contributed by atoms with Crippen molar-refractivity contribution < 1.29 is 18.8 Å². The van der Waals surface area contributed by atoms with Crippen molar-refractivity contribution in [2.24, 2.45) is 0 Å². The Morgan fingerprint density at radius 1 is 1.21 bits per heavy atom. The van der Waals surface area contributed by atoms with Crippen LogP contribution in [0, 0.1) is 0 Å². The summed E-state index contributed by atoms with van der Waals surface area (Å²) in [5.74, 6) is 1.52. The summed E-state index contributed by atoms with van der Waals surface area (Å²) in [5, 5.41) is 7.85. The fourth-order valence-electron chi connectivity index (χ4n) is 3.95. The third-order valence-corrected chi connectivity index (χ3v) is 5.83. The Morgan fingerprint density at radius 3 is 2.71 bits per heavy atom. The first-order chi connectivity index (χ1) is 16.5. The number of carbonyl (C=O) groups excluding carboxylic acids is 1. The lowest BCUT2D eigenvalue weighted by Gasteiger charge is -2.35. The van der Waals surface area contributed by atoms with Gasteiger partial charge in [-0.25, -0.2) is 4.79 Å². The molecule has 4 rings (SSSR count). The molecular formula is C25H27ClN4O4. The fraction of sp³-hybridized carbons (Fsp3) is 0.320. The van der Waals surface area contributed by atoms with E-state index in [1.165, 1.54) is 0 Å². The van der Waals surface area contributed by atoms with E-state index in [4.69, 9.17) is 25.6 Å². The lowest BCUT2D eigenvalue weighted by Crippen LogP contribution is -2.46. The Labute approximate surface area is 203 Å². The molecule has 0 fully saturated rings. The maximum Gasteiger partial charge on any atom is 0.322 e. The molecule has 0 bridgehead atoms. The summed E-state index contributed by atoms with van der Waals surface area (Å²) in [7, 11) is 1.64. The van der Waals surface area contributed by atoms with Crippen LogP contribution in [0.3, 0.4) is 0 Å². The number of allylic oxidation sites excluding steroid dienone is 1. The molecule has 34 heavy (non-hydrogen) atoms. The summed E-state index contributed by atoms with van der Waals surface area (Å²) < 4.78 is 16.4. The first-order valence-corrected chi connectivity index (χ1v) is 11.5. The zero-order valence-corrected chi connectivity index (χ0v) is 20.1. The number of hydrogen-bond acceptors (Lipinski definition) is 6. The number of ether oxygens (including phenoxy) is 2. The summed E-state index contributed by atoms with van der Waals surface area (Å²) in [5.41, 5.74) is 3.11. The second-order valence-electron chi connectivity index (χ2n) is 7.82. The molecule has 2 amide bonds. The molecule has 1 atom stereocenters. The lowest BCUT2D eigenvalue weighted by atomic mass is 9.94. The van der Waals surface area contributed by atoms with E-state index in [9.17, 15) is 4.79 Å². The van der Waals surface area contributed by atoms with E-state index in [-0.39, 0.29) is 6.03 Å². The van der Waals surface area contributed by atoms with Crippen molar-refractivity contribution in [1.82, 2.24) is 20.4 Å². The van der Waals surface area contributed by atoms with Gasteiger partial charge in [0.25, 0.3) is 5.89 Å². The van der Waals surface area contributed by atoms with Crippen LogP contribution < -0.4 is 10.1 Å². The average molecular weight is 483 g/mol. The molecule has 8 nitrogen and oxygen atoms in total. The minimum absolute atomic E-state index is 0.189. The van der Waals surface area contributed by atoms with Gasteiger partial charge in [0.1, 0.15) is 5.75 Å². The summed E-state index contributed by atoms with van der Waals surface area (Å²) in [6, 6.07) is 14.2. The van der Waals surface area contributed by atoms with Gasteiger partial charge in [0, 0.05) is 36.5 Å². The van der Waals surface area contributed by atoms with E-state index < -0.39 is 6.04 Å². The predicted molar refractivity (Wildman–Crippen MR) is 129 cm³/mol. The number of rotatable bonds is 9. The van der Waals surface area contributed by atoms with Crippen LogP contribution in [0.5, 0.6) is 5.75 Å². The van der Waals surface area contributed by atoms with E-state index >= 15 is 0 Å². The van der Waals surface area contributed by atoms with E-state index in [0.717, 1.165) is 28.1 Å². The van der Waals surface area contributed by atoms with Crippen molar-refractivity contribution in [1.29, 1.82) is 0 Å². The lowest BCUT2D eigenvalue weighted by molar-refractivity contribution is 0.174. The van der Waals surface area contributed by atoms with Crippen molar-refractivity contribution in [3.63, 3.8) is 0 Å². The molecule has 0 saturated carbocycles. The molecule has 1 aromatic heterocycles. The number of methoxy groups -OCH3 is 1. The maximum absolute atomic E-state index is 13.0. The van der Waals surface area contributed by atoms with Gasteiger partial charge < -0.3 is 19.3 Å². The number of aromatic nitrogens is 2. The summed E-state index contributed by atoms with van der Waals surface area (Å²) in [6.45, 7) is 5.46. The number of nitrogens with zero attached hydrogens (tertiary/aromatic N) is 3. The maximum atomic E-state index is 13.0. The van der Waals surface area contributed by atoms with Crippen LogP contribution in [0.25, 0.3) is 17.0 Å². The highest BCUT2D eigenvalue weighted by atomic mass is 35.5. The normalized spacial score (nSPS) is 16.1. The van der Waals surface area contributed by atoms with Crippen LogP contribution in [0.1, 0.15) is 37.8 Å². The van der Waals surface area contributed by atoms with Gasteiger partial charge in [0.15, 0.2) is 0 Å². The molecule has 9 heteroatoms. The van der Waals surface area contributed by atoms with Gasteiger partial charge in [-0.05, 0) is 50.1 Å². The number of amides is 2. The van der Waals surface area contributed by atoms with Crippen molar-refractivity contribution in [3.05, 3.63) is 70.7 Å². The predicted octanol–water partition coefficient (Wildman–Crippen LogP) is 5.32. The van der Waals surface area contributed by atoms with Gasteiger partial charge in [-0.1, -0.05) is 41.0 Å². The molecular weight excluding hydrogens is 456 g/mol. The topological polar surface area (TPSA) is 89.7 Å². The molecule has 1 unspecified atom stereocenters. The van der Waals surface area contributed by atoms with Crippen molar-refractivity contribution in [3.8, 4) is 17.1 Å². The van der Waals surface area contributed by atoms with Gasteiger partial charge in [-0.3, -0.25) is 4.90 Å². The van der Waals surface area contributed by atoms with Crippen LogP contribution in [0.2, 0.25) is 5.02 Å². The number of carbonyl (C=O) groups is 1. The first kappa shape index (κ1) is 23.8. The van der Waals surface area contributed by atoms with Crippen molar-refractivity contribution in [2.75, 3.05) is 26.9 Å². The molecule has 178 valence electrons. The van der Waals surface area contributed by atoms with Crippen LogP contribution in [-0.4, -0.2) is 47.9 Å². The minimum Gasteiger partial charge on any atom is -0.494 e. The first-order valence-electron chi connectivity index (χ1n) is 11.1. The standard InChI is InChI=1S/C25H27ClN4O4/c1-4-33-20-11-9-17(10-12-20)22-21(16(2)30(25(31)27-22)13-6-14-32-3)24-28-23(29-34-24)18-7-5-8-19(26)15-18/h5,7-12,15,22H,4,6,13-14H2,1-3H3,(H,27,31). The molecule has 2 heterocycles. The molecule has 0 spiro atoms. The van der Waals surface area contributed by atoms with Crippen molar-refractivity contribution >= 4 is 23.2 Å². The monoisotopic (exact) mass is 482 g/mol. The van der Waals surface area contributed by atoms with E-state index in [0.29, 0.717) is 42.9 Å². The summed E-state index contributed by atoms with van der Waals surface area (Å²) in [6.07, 6.45) is 0.694. The molecule has 2 aromatic carbocycles. The van der Waals surface area contributed by atoms with Gasteiger partial charge in [0.2, 0.25) is 5.82 Å². The van der Waals surface area contributed by atoms with Crippen molar-refractivity contribution in [2.45, 2.75) is 26.3 Å². The zero-order valence-electron chi connectivity index (χ0n) is 19.4. The minimum atomic E-state index is -0.463. The second kappa shape index (κ2) is 10.7. The van der Waals surface area contributed by atoms with Crippen LogP contribution in [0.4, 0.5) is 4.79 Å². The largest absolute Gasteiger partial charge is 0.494 e. The average Bonchev–Trinajstić information content (AvgIpc) is 3.31. The third kappa shape index (κ3) is 5.08. The summed E-state index contributed by atoms with van der Waals surface area (Å²) in [4.78, 5) is 19.4. The highest BCUT2D eigenvalue weighted by Crippen LogP contribution is 2.38. The Morgan fingerprint density at radius 2 is 2.00 bits per heavy atom. The Kier molecular flexibility index (Phi) is 7.49. The van der Waals surface area contributed by atoms with Gasteiger partial charge >= 0.3 is 6.03 Å². The molecule has 1 aliphatic heterocycles. The van der Waals surface area contributed by atoms with E-state index in [2.05, 4.69) is 15.5 Å². The van der Waals surface area contributed by atoms with Crippen LogP contribution in [-0.2, 0) is 4.74 Å². The number of benzene rings is 2. The highest BCUT2D eigenvalue weighted by Gasteiger charge is 2.35.